The largest absolute Gasteiger partial charge is 0.355 e. The van der Waals surface area contributed by atoms with Crippen LogP contribution in [0.4, 0.5) is 5.82 Å². The summed E-state index contributed by atoms with van der Waals surface area (Å²) in [5, 5.41) is 4.58. The van der Waals surface area contributed by atoms with Crippen molar-refractivity contribution in [1.82, 2.24) is 19.6 Å². The summed E-state index contributed by atoms with van der Waals surface area (Å²) in [5.41, 5.74) is 1.19. The molecular formula is C13H11BrClN5. The molecule has 102 valence electrons. The van der Waals surface area contributed by atoms with Crippen molar-refractivity contribution in [3.05, 3.63) is 51.8 Å². The van der Waals surface area contributed by atoms with E-state index in [1.54, 1.807) is 10.6 Å². The lowest BCUT2D eigenvalue weighted by Crippen LogP contribution is -2.20. The summed E-state index contributed by atoms with van der Waals surface area (Å²) in [6, 6.07) is 9.97. The summed E-state index contributed by atoms with van der Waals surface area (Å²) >= 11 is 9.46. The zero-order valence-electron chi connectivity index (χ0n) is 10.7. The molecule has 0 N–H and O–H groups in total. The van der Waals surface area contributed by atoms with E-state index < -0.39 is 0 Å². The van der Waals surface area contributed by atoms with Gasteiger partial charge in [-0.15, -0.1) is 0 Å². The molecule has 0 bridgehead atoms. The quantitative estimate of drug-likeness (QED) is 0.679. The van der Waals surface area contributed by atoms with Crippen LogP contribution >= 0.6 is 27.5 Å². The molecule has 20 heavy (non-hydrogen) atoms. The molecule has 1 aromatic carbocycles. The van der Waals surface area contributed by atoms with Gasteiger partial charge in [-0.2, -0.15) is 19.6 Å². The number of anilines is 1. The van der Waals surface area contributed by atoms with Crippen molar-refractivity contribution in [2.24, 2.45) is 0 Å². The number of hydrogen-bond acceptors (Lipinski definition) is 4. The molecule has 0 aliphatic rings. The maximum Gasteiger partial charge on any atom is 0.255 e. The normalized spacial score (nSPS) is 10.9. The first-order chi connectivity index (χ1) is 9.63. The van der Waals surface area contributed by atoms with Crippen LogP contribution in [0, 0.1) is 0 Å². The Balaban J connectivity index is 1.93. The fourth-order valence-electron chi connectivity index (χ4n) is 1.99. The highest BCUT2D eigenvalue weighted by atomic mass is 79.9. The highest BCUT2D eigenvalue weighted by molar-refractivity contribution is 9.10. The molecule has 0 fully saturated rings. The lowest BCUT2D eigenvalue weighted by atomic mass is 10.2. The maximum absolute atomic E-state index is 6.02. The van der Waals surface area contributed by atoms with Gasteiger partial charge in [0.15, 0.2) is 0 Å². The van der Waals surface area contributed by atoms with Crippen molar-refractivity contribution in [1.29, 1.82) is 0 Å². The Hall–Kier alpha value is -1.66. The van der Waals surface area contributed by atoms with Crippen LogP contribution < -0.4 is 4.90 Å². The van der Waals surface area contributed by atoms with Gasteiger partial charge in [0.05, 0.1) is 0 Å². The fraction of sp³-hybridized carbons (Fsp3) is 0.154. The number of halogens is 2. The van der Waals surface area contributed by atoms with Crippen LogP contribution in [0.1, 0.15) is 5.56 Å². The molecule has 7 heteroatoms. The molecule has 3 rings (SSSR count). The van der Waals surface area contributed by atoms with Gasteiger partial charge >= 0.3 is 0 Å². The lowest BCUT2D eigenvalue weighted by molar-refractivity contribution is 0.832. The second-order valence-corrected chi connectivity index (χ2v) is 5.69. The van der Waals surface area contributed by atoms with Crippen molar-refractivity contribution >= 4 is 39.1 Å². The molecule has 0 unspecified atom stereocenters. The van der Waals surface area contributed by atoms with Gasteiger partial charge in [0.25, 0.3) is 5.78 Å². The Morgan fingerprint density at radius 2 is 2.05 bits per heavy atom. The molecule has 5 nitrogen and oxygen atoms in total. The van der Waals surface area contributed by atoms with E-state index in [4.69, 9.17) is 11.6 Å². The fourth-order valence-corrected chi connectivity index (χ4v) is 2.42. The summed E-state index contributed by atoms with van der Waals surface area (Å²) in [6.45, 7) is 0.739. The van der Waals surface area contributed by atoms with E-state index in [1.807, 2.05) is 19.2 Å². The monoisotopic (exact) mass is 351 g/mol. The van der Waals surface area contributed by atoms with E-state index >= 15 is 0 Å². The topological polar surface area (TPSA) is 46.3 Å². The Labute approximate surface area is 129 Å². The van der Waals surface area contributed by atoms with Gasteiger partial charge in [0.2, 0.25) is 0 Å². The van der Waals surface area contributed by atoms with Crippen molar-refractivity contribution in [2.75, 3.05) is 11.9 Å². The van der Waals surface area contributed by atoms with Gasteiger partial charge in [-0.05, 0) is 17.7 Å². The number of nitrogens with zero attached hydrogens (tertiary/aromatic N) is 5. The molecule has 0 spiro atoms. The third-order valence-corrected chi connectivity index (χ3v) is 3.65. The summed E-state index contributed by atoms with van der Waals surface area (Å²) in [5.74, 6) is 1.34. The van der Waals surface area contributed by atoms with Crippen LogP contribution in [0.3, 0.4) is 0 Å². The number of fused-ring (bicyclic) bond motifs is 1. The molecule has 0 aliphatic heterocycles. The smallest absolute Gasteiger partial charge is 0.255 e. The van der Waals surface area contributed by atoms with Crippen LogP contribution in [-0.4, -0.2) is 26.6 Å². The van der Waals surface area contributed by atoms with Crippen molar-refractivity contribution < 1.29 is 0 Å². The predicted molar refractivity (Wildman–Crippen MR) is 82.0 cm³/mol. The first-order valence-corrected chi connectivity index (χ1v) is 7.12. The van der Waals surface area contributed by atoms with Gasteiger partial charge in [0, 0.05) is 24.1 Å². The average molecular weight is 353 g/mol. The molecule has 0 amide bonds. The SMILES string of the molecule is CN(Cc1ccc(Br)cc1)c1cc(Cl)nc2ncnn12. The molecule has 3 aromatic rings. The first kappa shape index (κ1) is 13.3. The third kappa shape index (κ3) is 2.62. The molecule has 0 radical (unpaired) electrons. The molecule has 0 atom stereocenters. The number of aromatic nitrogens is 4. The Bertz CT molecular complexity index is 740. The van der Waals surface area contributed by atoms with E-state index in [9.17, 15) is 0 Å². The van der Waals surface area contributed by atoms with Gasteiger partial charge in [-0.1, -0.05) is 39.7 Å². The number of benzene rings is 1. The minimum atomic E-state index is 0.406. The van der Waals surface area contributed by atoms with E-state index in [0.717, 1.165) is 16.8 Å². The second kappa shape index (κ2) is 5.38. The standard InChI is InChI=1S/C13H11BrClN5/c1-19(7-9-2-4-10(14)5-3-9)12-6-11(15)18-13-16-8-17-20(12)13/h2-6,8H,7H2,1H3. The van der Waals surface area contributed by atoms with E-state index in [2.05, 4.69) is 48.0 Å². The van der Waals surface area contributed by atoms with Crippen molar-refractivity contribution in [3.8, 4) is 0 Å². The minimum Gasteiger partial charge on any atom is -0.355 e. The average Bonchev–Trinajstić information content (AvgIpc) is 2.88. The van der Waals surface area contributed by atoms with Crippen LogP contribution in [0.25, 0.3) is 5.78 Å². The molecule has 2 aromatic heterocycles. The second-order valence-electron chi connectivity index (χ2n) is 4.39. The Kier molecular flexibility index (Phi) is 3.58. The Morgan fingerprint density at radius 3 is 2.80 bits per heavy atom. The highest BCUT2D eigenvalue weighted by Crippen LogP contribution is 2.20. The van der Waals surface area contributed by atoms with E-state index in [0.29, 0.717) is 10.9 Å². The maximum atomic E-state index is 6.02. The van der Waals surface area contributed by atoms with Gasteiger partial charge in [0.1, 0.15) is 17.3 Å². The van der Waals surface area contributed by atoms with Crippen LogP contribution in [-0.2, 0) is 6.54 Å². The molecule has 0 saturated heterocycles. The Morgan fingerprint density at radius 1 is 1.30 bits per heavy atom. The minimum absolute atomic E-state index is 0.406. The molecule has 2 heterocycles. The summed E-state index contributed by atoms with van der Waals surface area (Å²) in [4.78, 5) is 10.2. The first-order valence-electron chi connectivity index (χ1n) is 5.95. The highest BCUT2D eigenvalue weighted by Gasteiger charge is 2.11. The van der Waals surface area contributed by atoms with Crippen LogP contribution in [0.15, 0.2) is 41.1 Å². The molecule has 0 saturated carbocycles. The third-order valence-electron chi connectivity index (χ3n) is 2.93. The van der Waals surface area contributed by atoms with Crippen LogP contribution in [0.5, 0.6) is 0 Å². The zero-order chi connectivity index (χ0) is 14.1. The van der Waals surface area contributed by atoms with Gasteiger partial charge in [-0.3, -0.25) is 0 Å². The van der Waals surface area contributed by atoms with E-state index in [1.165, 1.54) is 11.9 Å². The molecular weight excluding hydrogens is 342 g/mol. The summed E-state index contributed by atoms with van der Waals surface area (Å²) < 4.78 is 2.74. The van der Waals surface area contributed by atoms with Crippen molar-refractivity contribution in [2.45, 2.75) is 6.54 Å². The van der Waals surface area contributed by atoms with Gasteiger partial charge in [-0.25, -0.2) is 0 Å². The summed E-state index contributed by atoms with van der Waals surface area (Å²) in [6.07, 6.45) is 1.47. The molecule has 0 aliphatic carbocycles. The predicted octanol–water partition coefficient (Wildman–Crippen LogP) is 3.18. The zero-order valence-corrected chi connectivity index (χ0v) is 13.0. The summed E-state index contributed by atoms with van der Waals surface area (Å²) in [7, 11) is 1.98. The lowest BCUT2D eigenvalue weighted by Gasteiger charge is -2.19. The van der Waals surface area contributed by atoms with Crippen LogP contribution in [0.2, 0.25) is 5.15 Å². The van der Waals surface area contributed by atoms with Gasteiger partial charge < -0.3 is 4.90 Å². The van der Waals surface area contributed by atoms with E-state index in [-0.39, 0.29) is 0 Å². The number of hydrogen-bond donors (Lipinski definition) is 0. The van der Waals surface area contributed by atoms with Crippen molar-refractivity contribution in [3.63, 3.8) is 0 Å². The number of rotatable bonds is 3.